The van der Waals surface area contributed by atoms with Gasteiger partial charge >= 0.3 is 12.4 Å². The standard InChI is InChI=1S/C21H19ClF4.C21H20F4O.14H2/c1-20(2)9-3-4-18(20)16-10-13(12-22)5-7-15(16)17-11-14(21(24,25)26)6-8-19(17)23;1-20(2)9-3-4-18(20)16-10-13(12-26)5-7-15(16)17-11-14(21(23,24)25)6-8-19(17)22;;;;;;;;;;;;;;/h4-8,10-11H,3,9,12H2,1-2H3;4-8,10-11,26H,3,9,12H2,1-2H3;14*1H/i;;14*1+2T. The molecule has 6 rings (SSSR count). The van der Waals surface area contributed by atoms with Crippen molar-refractivity contribution in [1.82, 2.24) is 0 Å². The maximum Gasteiger partial charge on any atom is 0.416 e. The zero-order valence-corrected chi connectivity index (χ0v) is 29.9. The molecule has 2 aliphatic carbocycles. The van der Waals surface area contributed by atoms with Gasteiger partial charge in [-0.1, -0.05) is 64.1 Å². The summed E-state index contributed by atoms with van der Waals surface area (Å²) in [4.78, 5) is 0. The van der Waals surface area contributed by atoms with E-state index in [2.05, 4.69) is 33.8 Å². The van der Waals surface area contributed by atoms with E-state index in [1.807, 2.05) is 12.1 Å². The average Bonchev–Trinajstić information content (AvgIpc) is 4.08. The van der Waals surface area contributed by atoms with Crippen LogP contribution in [0.15, 0.2) is 84.9 Å². The summed E-state index contributed by atoms with van der Waals surface area (Å²) in [6.45, 7) is 8.11. The average molecular weight is 832 g/mol. The molecule has 304 valence electrons. The van der Waals surface area contributed by atoms with Crippen LogP contribution in [0.3, 0.4) is 0 Å². The maximum absolute atomic E-state index is 14.5. The van der Waals surface area contributed by atoms with Crippen LogP contribution >= 0.6 is 11.6 Å². The number of halogens is 9. The van der Waals surface area contributed by atoms with Gasteiger partial charge in [-0.2, -0.15) is 26.3 Å². The summed E-state index contributed by atoms with van der Waals surface area (Å²) in [6.07, 6.45) is -1.33. The topological polar surface area (TPSA) is 20.2 Å². The van der Waals surface area contributed by atoms with E-state index >= 15 is 0 Å². The Labute approximate surface area is 346 Å². The van der Waals surface area contributed by atoms with Crippen LogP contribution in [0.1, 0.15) is 128 Å². The molecule has 0 aliphatic heterocycles. The van der Waals surface area contributed by atoms with E-state index in [1.54, 1.807) is 30.3 Å². The zero-order chi connectivity index (χ0) is 66.2. The molecule has 2 aliphatic rings. The maximum atomic E-state index is 14.5. The van der Waals surface area contributed by atoms with Gasteiger partial charge in [-0.15, -0.1) is 11.6 Å². The van der Waals surface area contributed by atoms with Crippen LogP contribution in [0.25, 0.3) is 33.4 Å². The molecule has 0 saturated carbocycles. The molecule has 1 nitrogen and oxygen atoms in total. The number of aliphatic hydroxyl groups excluding tert-OH is 1. The fraction of sp³-hybridized carbons (Fsp3) is 0.333. The van der Waals surface area contributed by atoms with E-state index in [-0.39, 0.29) is 34.4 Å². The van der Waals surface area contributed by atoms with Crippen molar-refractivity contribution in [2.75, 3.05) is 0 Å². The SMILES string of the molecule is CC1(C)CCC=C1c1cc(CCl)ccc1-c1cc(C(F)(F)F)ccc1F.CC1(C)CCC=C1c1cc(CO)ccc1-c1cc(C(F)(F)F)ccc1F.[3H][3H].[3H][3H].[3H][3H].[3H][3H].[3H][3H].[3H][3H].[3H][3H].[3H][3H].[3H][3H].[3H][3H].[3H][3H].[3H][3H].[3H][3H].[3H][3H]. The fourth-order valence-corrected chi connectivity index (χ4v) is 7.19. The molecule has 0 aromatic heterocycles. The first-order valence-electron chi connectivity index (χ1n) is 30.9. The molecule has 0 bridgehead atoms. The third-order valence-electron chi connectivity index (χ3n) is 9.95. The molecule has 4 aromatic rings. The summed E-state index contributed by atoms with van der Waals surface area (Å²) < 4.78 is 248. The molecule has 0 heterocycles. The Balaban J connectivity index is -0.000000106. The molecule has 4 aromatic carbocycles. The quantitative estimate of drug-likeness (QED) is 0.152. The molecule has 0 unspecified atom stereocenters. The van der Waals surface area contributed by atoms with Gasteiger partial charge in [-0.25, -0.2) is 8.78 Å². The van der Waals surface area contributed by atoms with Crippen LogP contribution in [0.2, 0.25) is 0 Å². The van der Waals surface area contributed by atoms with Crippen molar-refractivity contribution >= 4 is 22.7 Å². The summed E-state index contributed by atoms with van der Waals surface area (Å²) in [6, 6.07) is 15.2. The summed E-state index contributed by atoms with van der Waals surface area (Å²) >= 11 is 5.95. The lowest BCUT2D eigenvalue weighted by Crippen LogP contribution is -2.11. The number of allylic oxidation sites excluding steroid dienone is 4. The molecule has 0 amide bonds. The van der Waals surface area contributed by atoms with Crippen molar-refractivity contribution < 1.29 is 81.8 Å². The smallest absolute Gasteiger partial charge is 0.392 e. The summed E-state index contributed by atoms with van der Waals surface area (Å²) in [5.74, 6) is -1.09. The second-order valence-corrected chi connectivity index (χ2v) is 14.8. The van der Waals surface area contributed by atoms with Gasteiger partial charge in [0.15, 0.2) is 0 Å². The Morgan fingerprint density at radius 2 is 1.00 bits per heavy atom. The molecular weight excluding hydrogens is 708 g/mol. The van der Waals surface area contributed by atoms with Crippen LogP contribution in [0, 0.1) is 22.5 Å². The van der Waals surface area contributed by atoms with E-state index in [0.717, 1.165) is 84.4 Å². The van der Waals surface area contributed by atoms with Gasteiger partial charge in [0.2, 0.25) is 0 Å². The Morgan fingerprint density at radius 3 is 1.35 bits per heavy atom. The molecule has 0 fully saturated rings. The van der Waals surface area contributed by atoms with Gasteiger partial charge in [0.25, 0.3) is 0 Å². The number of benzene rings is 4. The lowest BCUT2D eigenvalue weighted by atomic mass is 9.79. The molecule has 1 N–H and O–H groups in total. The highest BCUT2D eigenvalue weighted by molar-refractivity contribution is 6.17. The van der Waals surface area contributed by atoms with Crippen LogP contribution in [0.4, 0.5) is 35.1 Å². The van der Waals surface area contributed by atoms with E-state index in [9.17, 15) is 40.2 Å². The first-order chi connectivity index (χ1) is 38.3. The van der Waals surface area contributed by atoms with Crippen molar-refractivity contribution in [2.45, 2.75) is 78.2 Å². The van der Waals surface area contributed by atoms with Gasteiger partial charge in [0.1, 0.15) is 11.6 Å². The van der Waals surface area contributed by atoms with Crippen LogP contribution in [-0.2, 0) is 24.8 Å². The normalized spacial score (nSPS) is 18.8. The first kappa shape index (κ1) is 24.4. The molecule has 0 spiro atoms. The van der Waals surface area contributed by atoms with Crippen molar-refractivity contribution in [3.05, 3.63) is 130 Å². The van der Waals surface area contributed by atoms with Crippen molar-refractivity contribution in [2.24, 2.45) is 10.8 Å². The van der Waals surface area contributed by atoms with Crippen LogP contribution in [0.5, 0.6) is 0 Å². The minimum Gasteiger partial charge on any atom is -0.392 e. The van der Waals surface area contributed by atoms with E-state index in [0.29, 0.717) is 22.3 Å². The molecule has 10 heteroatoms. The third-order valence-corrected chi connectivity index (χ3v) is 10.3. The first-order valence-corrected chi connectivity index (χ1v) is 17.4. The summed E-state index contributed by atoms with van der Waals surface area (Å²) in [5, 5.41) is 9.46. The zero-order valence-electron chi connectivity index (χ0n) is 57.2. The Bertz CT molecular complexity index is 1950. The minimum absolute atomic E-state index is 0.0421. The van der Waals surface area contributed by atoms with Gasteiger partial charge in [0, 0.05) is 58.6 Å². The molecule has 0 atom stereocenters. The van der Waals surface area contributed by atoms with E-state index in [1.165, 1.54) is 0 Å². The molecule has 0 radical (unpaired) electrons. The van der Waals surface area contributed by atoms with Crippen molar-refractivity contribution in [3.8, 4) is 22.3 Å². The lowest BCUT2D eigenvalue weighted by Gasteiger charge is -2.25. The van der Waals surface area contributed by atoms with E-state index < -0.39 is 35.1 Å². The summed E-state index contributed by atoms with van der Waals surface area (Å²) in [5.41, 5.74) is 3.63. The Morgan fingerprint density at radius 1 is 0.596 bits per heavy atom. The van der Waals surface area contributed by atoms with Gasteiger partial charge < -0.3 is 5.11 Å². The Kier molecular flexibility index (Phi) is 6.95. The second-order valence-electron chi connectivity index (χ2n) is 14.5. The molecule has 52 heavy (non-hydrogen) atoms. The number of rotatable bonds is 6. The van der Waals surface area contributed by atoms with Crippen LogP contribution < -0.4 is 0 Å². The monoisotopic (exact) mass is 831 g/mol. The van der Waals surface area contributed by atoms with E-state index in [4.69, 9.17) is 53.2 Å². The molecular formula is C42H67ClF8O. The van der Waals surface area contributed by atoms with Gasteiger partial charge in [-0.05, 0) is 130 Å². The Hall–Kier alpha value is -3.95. The lowest BCUT2D eigenvalue weighted by molar-refractivity contribution is -0.138. The van der Waals surface area contributed by atoms with Gasteiger partial charge in [0.05, 0.1) is 17.7 Å². The fourth-order valence-electron chi connectivity index (χ4n) is 7.02. The number of hydrogen-bond donors (Lipinski definition) is 1. The molecule has 0 saturated heterocycles. The predicted octanol–water partition coefficient (Wildman–Crippen LogP) is 17.1. The number of aliphatic hydroxyl groups is 1. The summed E-state index contributed by atoms with van der Waals surface area (Å²) in [7, 11) is 0. The van der Waals surface area contributed by atoms with Crippen molar-refractivity contribution in [3.63, 3.8) is 0 Å². The largest absolute Gasteiger partial charge is 0.416 e. The second kappa shape index (κ2) is 14.8. The number of alkyl halides is 7. The minimum atomic E-state index is -4.54. The van der Waals surface area contributed by atoms with Gasteiger partial charge in [-0.3, -0.25) is 0 Å². The van der Waals surface area contributed by atoms with Crippen molar-refractivity contribution in [1.29, 1.82) is 0 Å². The van der Waals surface area contributed by atoms with Crippen LogP contribution in [-0.4, -0.2) is 5.11 Å². The third kappa shape index (κ3) is 8.31. The highest BCUT2D eigenvalue weighted by Gasteiger charge is 2.35. The number of hydrogen-bond acceptors (Lipinski definition) is 1. The predicted molar refractivity (Wildman–Crippen MR) is 221 cm³/mol. The highest BCUT2D eigenvalue weighted by atomic mass is 35.5. The highest BCUT2D eigenvalue weighted by Crippen LogP contribution is 2.49.